The van der Waals surface area contributed by atoms with Crippen molar-refractivity contribution in [3.05, 3.63) is 27.4 Å². The summed E-state index contributed by atoms with van der Waals surface area (Å²) in [6, 6.07) is 0. The zero-order chi connectivity index (χ0) is 9.59. The molecule has 2 aromatic rings. The minimum atomic E-state index is -0.0382. The molecule has 0 saturated carbocycles. The zero-order valence-corrected chi connectivity index (χ0v) is 8.87. The predicted molar refractivity (Wildman–Crippen MR) is 53.7 cm³/mol. The minimum absolute atomic E-state index is 0.0382. The van der Waals surface area contributed by atoms with Crippen LogP contribution in [0.2, 0.25) is 0 Å². The highest BCUT2D eigenvalue weighted by Gasteiger charge is 2.09. The van der Waals surface area contributed by atoms with E-state index in [9.17, 15) is 4.79 Å². The van der Waals surface area contributed by atoms with E-state index in [-0.39, 0.29) is 5.69 Å². The SMILES string of the molecule is Cn1c(=O)n(C)c2c(Br)cncc21. The molecule has 0 amide bonds. The Hall–Kier alpha value is -1.10. The van der Waals surface area contributed by atoms with Crippen molar-refractivity contribution in [1.82, 2.24) is 14.1 Å². The predicted octanol–water partition coefficient (Wildman–Crippen LogP) is 1.03. The van der Waals surface area contributed by atoms with Gasteiger partial charge in [0.15, 0.2) is 0 Å². The van der Waals surface area contributed by atoms with Crippen molar-refractivity contribution in [2.75, 3.05) is 0 Å². The van der Waals surface area contributed by atoms with Gasteiger partial charge in [-0.05, 0) is 15.9 Å². The Morgan fingerprint density at radius 2 is 2.00 bits per heavy atom. The third-order valence-corrected chi connectivity index (χ3v) is 2.70. The fourth-order valence-electron chi connectivity index (χ4n) is 1.42. The van der Waals surface area contributed by atoms with Crippen LogP contribution in [-0.4, -0.2) is 14.1 Å². The van der Waals surface area contributed by atoms with Gasteiger partial charge in [-0.2, -0.15) is 0 Å². The molecular formula is C8H8BrN3O. The van der Waals surface area contributed by atoms with Crippen molar-refractivity contribution in [2.24, 2.45) is 14.1 Å². The summed E-state index contributed by atoms with van der Waals surface area (Å²) in [4.78, 5) is 15.5. The summed E-state index contributed by atoms with van der Waals surface area (Å²) in [5, 5.41) is 0. The van der Waals surface area contributed by atoms with Gasteiger partial charge in [0.2, 0.25) is 0 Å². The van der Waals surface area contributed by atoms with Crippen molar-refractivity contribution in [3.8, 4) is 0 Å². The summed E-state index contributed by atoms with van der Waals surface area (Å²) < 4.78 is 4.01. The zero-order valence-electron chi connectivity index (χ0n) is 7.28. The van der Waals surface area contributed by atoms with Crippen LogP contribution in [0.15, 0.2) is 21.7 Å². The average Bonchev–Trinajstić information content (AvgIpc) is 2.33. The summed E-state index contributed by atoms with van der Waals surface area (Å²) in [5.41, 5.74) is 1.67. The fourth-order valence-corrected chi connectivity index (χ4v) is 2.01. The number of aromatic nitrogens is 3. The van der Waals surface area contributed by atoms with E-state index in [1.54, 1.807) is 35.6 Å². The van der Waals surface area contributed by atoms with Gasteiger partial charge in [-0.15, -0.1) is 0 Å². The summed E-state index contributed by atoms with van der Waals surface area (Å²) >= 11 is 3.36. The van der Waals surface area contributed by atoms with E-state index < -0.39 is 0 Å². The number of nitrogens with zero attached hydrogens (tertiary/aromatic N) is 3. The van der Waals surface area contributed by atoms with E-state index in [0.29, 0.717) is 0 Å². The van der Waals surface area contributed by atoms with Crippen LogP contribution in [0.25, 0.3) is 11.0 Å². The first kappa shape index (κ1) is 8.50. The molecule has 13 heavy (non-hydrogen) atoms. The molecule has 0 spiro atoms. The van der Waals surface area contributed by atoms with E-state index in [4.69, 9.17) is 0 Å². The number of rotatable bonds is 0. The van der Waals surface area contributed by atoms with E-state index in [1.165, 1.54) is 0 Å². The molecule has 2 heterocycles. The number of halogens is 1. The third kappa shape index (κ3) is 1.03. The lowest BCUT2D eigenvalue weighted by atomic mass is 10.4. The summed E-state index contributed by atoms with van der Waals surface area (Å²) in [6.07, 6.45) is 3.36. The van der Waals surface area contributed by atoms with Crippen molar-refractivity contribution in [2.45, 2.75) is 0 Å². The number of hydrogen-bond donors (Lipinski definition) is 0. The first-order chi connectivity index (χ1) is 6.13. The lowest BCUT2D eigenvalue weighted by Gasteiger charge is -1.95. The van der Waals surface area contributed by atoms with Gasteiger partial charge in [0.1, 0.15) is 0 Å². The Morgan fingerprint density at radius 1 is 1.31 bits per heavy atom. The maximum Gasteiger partial charge on any atom is 0.328 e. The molecule has 0 aliphatic heterocycles. The van der Waals surface area contributed by atoms with Crippen LogP contribution in [0.1, 0.15) is 0 Å². The lowest BCUT2D eigenvalue weighted by Crippen LogP contribution is -2.19. The molecule has 0 aliphatic carbocycles. The van der Waals surface area contributed by atoms with Crippen LogP contribution in [-0.2, 0) is 14.1 Å². The van der Waals surface area contributed by atoms with Gasteiger partial charge in [0.05, 0.1) is 21.7 Å². The molecule has 4 nitrogen and oxygen atoms in total. The Balaban J connectivity index is 3.12. The van der Waals surface area contributed by atoms with Crippen LogP contribution >= 0.6 is 15.9 Å². The van der Waals surface area contributed by atoms with Gasteiger partial charge in [0.25, 0.3) is 0 Å². The van der Waals surface area contributed by atoms with Crippen molar-refractivity contribution in [3.63, 3.8) is 0 Å². The van der Waals surface area contributed by atoms with Gasteiger partial charge >= 0.3 is 5.69 Å². The first-order valence-corrected chi connectivity index (χ1v) is 4.57. The van der Waals surface area contributed by atoms with Crippen molar-refractivity contribution in [1.29, 1.82) is 0 Å². The number of hydrogen-bond acceptors (Lipinski definition) is 2. The van der Waals surface area contributed by atoms with Crippen LogP contribution in [0, 0.1) is 0 Å². The van der Waals surface area contributed by atoms with E-state index in [2.05, 4.69) is 20.9 Å². The molecule has 2 rings (SSSR count). The third-order valence-electron chi connectivity index (χ3n) is 2.12. The van der Waals surface area contributed by atoms with E-state index >= 15 is 0 Å². The molecule has 0 aliphatic rings. The number of aryl methyl sites for hydroxylation is 2. The Kier molecular flexibility index (Phi) is 1.76. The molecule has 5 heteroatoms. The molecule has 0 unspecified atom stereocenters. The largest absolute Gasteiger partial charge is 0.328 e. The summed E-state index contributed by atoms with van der Waals surface area (Å²) in [5.74, 6) is 0. The molecule has 0 aromatic carbocycles. The maximum atomic E-state index is 11.5. The first-order valence-electron chi connectivity index (χ1n) is 3.78. The molecule has 0 N–H and O–H groups in total. The van der Waals surface area contributed by atoms with Gasteiger partial charge in [-0.1, -0.05) is 0 Å². The smallest absolute Gasteiger partial charge is 0.294 e. The minimum Gasteiger partial charge on any atom is -0.294 e. The van der Waals surface area contributed by atoms with E-state index in [0.717, 1.165) is 15.5 Å². The van der Waals surface area contributed by atoms with Crippen molar-refractivity contribution < 1.29 is 0 Å². The highest BCUT2D eigenvalue weighted by Crippen LogP contribution is 2.19. The molecule has 0 saturated heterocycles. The fraction of sp³-hybridized carbons (Fsp3) is 0.250. The van der Waals surface area contributed by atoms with E-state index in [1.807, 2.05) is 0 Å². The quantitative estimate of drug-likeness (QED) is 0.692. The maximum absolute atomic E-state index is 11.5. The lowest BCUT2D eigenvalue weighted by molar-refractivity contribution is 0.794. The summed E-state index contributed by atoms with van der Waals surface area (Å²) in [6.45, 7) is 0. The second-order valence-electron chi connectivity index (χ2n) is 2.89. The topological polar surface area (TPSA) is 39.8 Å². The standard InChI is InChI=1S/C8H8BrN3O/c1-11-6-4-10-3-5(9)7(6)12(2)8(11)13/h3-4H,1-2H3. The Labute approximate surface area is 82.9 Å². The highest BCUT2D eigenvalue weighted by atomic mass is 79.9. The van der Waals surface area contributed by atoms with Gasteiger partial charge < -0.3 is 0 Å². The summed E-state index contributed by atoms with van der Waals surface area (Å²) in [7, 11) is 3.48. The number of imidazole rings is 1. The molecule has 0 atom stereocenters. The molecule has 0 bridgehead atoms. The highest BCUT2D eigenvalue weighted by molar-refractivity contribution is 9.10. The average molecular weight is 242 g/mol. The van der Waals surface area contributed by atoms with Gasteiger partial charge in [0, 0.05) is 20.3 Å². The Bertz CT molecular complexity index is 526. The molecular weight excluding hydrogens is 234 g/mol. The monoisotopic (exact) mass is 241 g/mol. The normalized spacial score (nSPS) is 11.0. The van der Waals surface area contributed by atoms with Gasteiger partial charge in [-0.25, -0.2) is 4.79 Å². The molecule has 2 aromatic heterocycles. The van der Waals surface area contributed by atoms with Crippen molar-refractivity contribution >= 4 is 27.0 Å². The second-order valence-corrected chi connectivity index (χ2v) is 3.74. The number of pyridine rings is 1. The van der Waals surface area contributed by atoms with Crippen LogP contribution < -0.4 is 5.69 Å². The Morgan fingerprint density at radius 3 is 2.62 bits per heavy atom. The van der Waals surface area contributed by atoms with Crippen LogP contribution in [0.4, 0.5) is 0 Å². The molecule has 0 fully saturated rings. The molecule has 0 radical (unpaired) electrons. The van der Waals surface area contributed by atoms with Crippen LogP contribution in [0.5, 0.6) is 0 Å². The van der Waals surface area contributed by atoms with Gasteiger partial charge in [-0.3, -0.25) is 14.1 Å². The number of fused-ring (bicyclic) bond motifs is 1. The second kappa shape index (κ2) is 2.70. The van der Waals surface area contributed by atoms with Crippen LogP contribution in [0.3, 0.4) is 0 Å². The molecule has 68 valence electrons.